The molecule has 0 unspecified atom stereocenters. The van der Waals surface area contributed by atoms with E-state index < -0.39 is 17.6 Å². The highest BCUT2D eigenvalue weighted by molar-refractivity contribution is 9.10. The number of pyridine rings is 1. The SMILES string of the molecule is COc1ccc(N2Cc3ccc(C(F)(F)F)cc3N(c3ccc(F)cc3C)C2)c(Br)n1. The summed E-state index contributed by atoms with van der Waals surface area (Å²) in [6, 6.07) is 11.5. The molecule has 1 aliphatic heterocycles. The van der Waals surface area contributed by atoms with Crippen molar-refractivity contribution >= 4 is 33.0 Å². The third-order valence-corrected chi connectivity index (χ3v) is 5.76. The zero-order chi connectivity index (χ0) is 22.3. The van der Waals surface area contributed by atoms with Gasteiger partial charge in [0, 0.05) is 24.0 Å². The molecule has 0 fully saturated rings. The van der Waals surface area contributed by atoms with E-state index in [9.17, 15) is 17.6 Å². The minimum Gasteiger partial charge on any atom is -0.481 e. The third-order valence-electron chi connectivity index (χ3n) is 5.18. The third kappa shape index (κ3) is 4.19. The van der Waals surface area contributed by atoms with Crippen LogP contribution in [0.1, 0.15) is 16.7 Å². The zero-order valence-electron chi connectivity index (χ0n) is 16.7. The highest BCUT2D eigenvalue weighted by Gasteiger charge is 2.34. The topological polar surface area (TPSA) is 28.6 Å². The number of rotatable bonds is 3. The Morgan fingerprint density at radius 3 is 2.39 bits per heavy atom. The Bertz CT molecular complexity index is 1140. The lowest BCUT2D eigenvalue weighted by molar-refractivity contribution is -0.137. The molecule has 3 aromatic rings. The molecule has 9 heteroatoms. The van der Waals surface area contributed by atoms with Gasteiger partial charge in [-0.05, 0) is 70.4 Å². The van der Waals surface area contributed by atoms with Gasteiger partial charge in [0.2, 0.25) is 5.88 Å². The fourth-order valence-corrected chi connectivity index (χ4v) is 4.23. The second-order valence-electron chi connectivity index (χ2n) is 7.20. The van der Waals surface area contributed by atoms with Crippen molar-refractivity contribution in [2.75, 3.05) is 23.6 Å². The molecule has 1 aliphatic rings. The monoisotopic (exact) mass is 495 g/mol. The van der Waals surface area contributed by atoms with Crippen molar-refractivity contribution in [3.8, 4) is 5.88 Å². The Hall–Kier alpha value is -2.81. The zero-order valence-corrected chi connectivity index (χ0v) is 18.3. The maximum absolute atomic E-state index is 13.7. The van der Waals surface area contributed by atoms with Gasteiger partial charge in [0.1, 0.15) is 10.4 Å². The van der Waals surface area contributed by atoms with Crippen molar-refractivity contribution in [2.45, 2.75) is 19.6 Å². The summed E-state index contributed by atoms with van der Waals surface area (Å²) in [6.45, 7) is 2.37. The van der Waals surface area contributed by atoms with Crippen LogP contribution in [-0.4, -0.2) is 18.8 Å². The average molecular weight is 496 g/mol. The Balaban J connectivity index is 1.83. The molecule has 0 saturated heterocycles. The molecule has 0 saturated carbocycles. The summed E-state index contributed by atoms with van der Waals surface area (Å²) in [5, 5.41) is 0. The molecule has 0 atom stereocenters. The summed E-state index contributed by atoms with van der Waals surface area (Å²) in [5.41, 5.74) is 2.44. The van der Waals surface area contributed by atoms with Gasteiger partial charge >= 0.3 is 6.18 Å². The van der Waals surface area contributed by atoms with Crippen LogP contribution >= 0.6 is 15.9 Å². The number of hydrogen-bond acceptors (Lipinski definition) is 4. The normalized spacial score (nSPS) is 13.9. The van der Waals surface area contributed by atoms with Crippen molar-refractivity contribution in [1.82, 2.24) is 4.98 Å². The van der Waals surface area contributed by atoms with Gasteiger partial charge < -0.3 is 14.5 Å². The van der Waals surface area contributed by atoms with E-state index in [0.29, 0.717) is 39.5 Å². The predicted octanol–water partition coefficient (Wildman–Crippen LogP) is 6.43. The Morgan fingerprint density at radius 1 is 1.00 bits per heavy atom. The van der Waals surface area contributed by atoms with E-state index in [2.05, 4.69) is 20.9 Å². The second-order valence-corrected chi connectivity index (χ2v) is 7.95. The number of methoxy groups -OCH3 is 1. The molecule has 1 aromatic heterocycles. The number of aryl methyl sites for hydroxylation is 1. The van der Waals surface area contributed by atoms with Crippen LogP contribution in [0.25, 0.3) is 0 Å². The smallest absolute Gasteiger partial charge is 0.416 e. The van der Waals surface area contributed by atoms with Crippen molar-refractivity contribution in [3.63, 3.8) is 0 Å². The predicted molar refractivity (Wildman–Crippen MR) is 114 cm³/mol. The van der Waals surface area contributed by atoms with Crippen LogP contribution in [0.3, 0.4) is 0 Å². The number of anilines is 3. The molecule has 0 radical (unpaired) electrons. The van der Waals surface area contributed by atoms with Crippen LogP contribution < -0.4 is 14.5 Å². The van der Waals surface area contributed by atoms with E-state index in [-0.39, 0.29) is 6.67 Å². The van der Waals surface area contributed by atoms with E-state index in [1.54, 1.807) is 24.0 Å². The number of aromatic nitrogens is 1. The molecular weight excluding hydrogens is 478 g/mol. The summed E-state index contributed by atoms with van der Waals surface area (Å²) in [6.07, 6.45) is -4.46. The molecule has 162 valence electrons. The number of ether oxygens (including phenoxy) is 1. The molecule has 0 spiro atoms. The Labute approximate surface area is 185 Å². The fourth-order valence-electron chi connectivity index (χ4n) is 3.68. The number of nitrogens with zero attached hydrogens (tertiary/aromatic N) is 3. The molecule has 0 aliphatic carbocycles. The van der Waals surface area contributed by atoms with Gasteiger partial charge in [0.25, 0.3) is 0 Å². The minimum atomic E-state index is -4.46. The van der Waals surface area contributed by atoms with Crippen LogP contribution in [0.2, 0.25) is 0 Å². The van der Waals surface area contributed by atoms with Crippen molar-refractivity contribution in [3.05, 3.63) is 75.6 Å². The molecule has 0 N–H and O–H groups in total. The molecule has 4 rings (SSSR count). The first-order valence-electron chi connectivity index (χ1n) is 9.36. The summed E-state index contributed by atoms with van der Waals surface area (Å²) in [4.78, 5) is 8.08. The van der Waals surface area contributed by atoms with Crippen LogP contribution in [0, 0.1) is 12.7 Å². The second kappa shape index (κ2) is 8.03. The van der Waals surface area contributed by atoms with Gasteiger partial charge in [0.05, 0.1) is 25.0 Å². The summed E-state index contributed by atoms with van der Waals surface area (Å²) >= 11 is 3.45. The number of alkyl halides is 3. The largest absolute Gasteiger partial charge is 0.481 e. The quantitative estimate of drug-likeness (QED) is 0.309. The van der Waals surface area contributed by atoms with E-state index >= 15 is 0 Å². The van der Waals surface area contributed by atoms with Crippen molar-refractivity contribution in [2.24, 2.45) is 0 Å². The Morgan fingerprint density at radius 2 is 1.74 bits per heavy atom. The molecule has 2 heterocycles. The first-order chi connectivity index (χ1) is 14.7. The molecule has 4 nitrogen and oxygen atoms in total. The molecule has 31 heavy (non-hydrogen) atoms. The van der Waals surface area contributed by atoms with Crippen LogP contribution in [0.15, 0.2) is 53.1 Å². The van der Waals surface area contributed by atoms with Crippen LogP contribution in [-0.2, 0) is 12.7 Å². The summed E-state index contributed by atoms with van der Waals surface area (Å²) in [5.74, 6) is 0.0376. The lowest BCUT2D eigenvalue weighted by Gasteiger charge is -2.40. The Kier molecular flexibility index (Phi) is 5.55. The van der Waals surface area contributed by atoms with Gasteiger partial charge in [0.15, 0.2) is 0 Å². The first kappa shape index (κ1) is 21.4. The number of benzene rings is 2. The van der Waals surface area contributed by atoms with E-state index in [1.165, 1.54) is 25.3 Å². The summed E-state index contributed by atoms with van der Waals surface area (Å²) < 4.78 is 59.5. The van der Waals surface area contributed by atoms with Crippen molar-refractivity contribution < 1.29 is 22.3 Å². The van der Waals surface area contributed by atoms with E-state index in [0.717, 1.165) is 17.8 Å². The standard InChI is InChI=1S/C22H18BrF4N3O/c1-13-9-16(24)5-6-17(13)30-12-29(18-7-8-20(31-2)28-21(18)23)11-14-3-4-15(10-19(14)30)22(25,26)27/h3-10H,11-12H2,1-2H3. The molecule has 2 aromatic carbocycles. The number of hydrogen-bond donors (Lipinski definition) is 0. The van der Waals surface area contributed by atoms with Crippen LogP contribution in [0.5, 0.6) is 5.88 Å². The van der Waals surface area contributed by atoms with Gasteiger partial charge in [-0.2, -0.15) is 13.2 Å². The van der Waals surface area contributed by atoms with Gasteiger partial charge in [-0.25, -0.2) is 9.37 Å². The number of fused-ring (bicyclic) bond motifs is 1. The highest BCUT2D eigenvalue weighted by Crippen LogP contribution is 2.41. The summed E-state index contributed by atoms with van der Waals surface area (Å²) in [7, 11) is 1.52. The lowest BCUT2D eigenvalue weighted by Crippen LogP contribution is -2.40. The minimum absolute atomic E-state index is 0.257. The highest BCUT2D eigenvalue weighted by atomic mass is 79.9. The van der Waals surface area contributed by atoms with Gasteiger partial charge in [-0.1, -0.05) is 6.07 Å². The lowest BCUT2D eigenvalue weighted by atomic mass is 10.0. The van der Waals surface area contributed by atoms with Crippen LogP contribution in [0.4, 0.5) is 34.6 Å². The van der Waals surface area contributed by atoms with Gasteiger partial charge in [-0.3, -0.25) is 0 Å². The maximum Gasteiger partial charge on any atom is 0.416 e. The van der Waals surface area contributed by atoms with Crippen molar-refractivity contribution in [1.29, 1.82) is 0 Å². The van der Waals surface area contributed by atoms with E-state index in [4.69, 9.17) is 4.74 Å². The molecular formula is C22H18BrF4N3O. The van der Waals surface area contributed by atoms with E-state index in [1.807, 2.05) is 11.0 Å². The van der Waals surface area contributed by atoms with Gasteiger partial charge in [-0.15, -0.1) is 0 Å². The fraction of sp³-hybridized carbons (Fsp3) is 0.227. The first-order valence-corrected chi connectivity index (χ1v) is 10.2. The molecule has 0 bridgehead atoms. The molecule has 0 amide bonds. The average Bonchev–Trinajstić information content (AvgIpc) is 2.72. The number of halogens is 5. The maximum atomic E-state index is 13.7.